The van der Waals surface area contributed by atoms with Gasteiger partial charge in [0, 0.05) is 26.2 Å². The van der Waals surface area contributed by atoms with Crippen molar-refractivity contribution in [3.63, 3.8) is 0 Å². The Morgan fingerprint density at radius 3 is 2.32 bits per heavy atom. The predicted octanol–water partition coefficient (Wildman–Crippen LogP) is 3.93. The van der Waals surface area contributed by atoms with Gasteiger partial charge in [-0.3, -0.25) is 4.79 Å². The Balaban J connectivity index is 2.02. The molecule has 0 unspecified atom stereocenters. The van der Waals surface area contributed by atoms with Crippen LogP contribution in [0.5, 0.6) is 0 Å². The number of methoxy groups -OCH3 is 2. The molecule has 0 amide bonds. The van der Waals surface area contributed by atoms with Gasteiger partial charge < -0.3 is 32.8 Å². The summed E-state index contributed by atoms with van der Waals surface area (Å²) >= 11 is 0. The van der Waals surface area contributed by atoms with E-state index in [4.69, 9.17) is 32.8 Å². The molecular weight excluding hydrogens is 508 g/mol. The first-order chi connectivity index (χ1) is 18.1. The normalized spacial score (nSPS) is 25.3. The molecule has 2 aliphatic rings. The molecule has 1 spiro atoms. The first-order valence-electron chi connectivity index (χ1n) is 12.8. The van der Waals surface area contributed by atoms with Crippen LogP contribution < -0.4 is 0 Å². The van der Waals surface area contributed by atoms with Crippen LogP contribution in [0.15, 0.2) is 53.8 Å². The number of benzene rings is 1. The zero-order valence-corrected chi connectivity index (χ0v) is 24.4. The van der Waals surface area contributed by atoms with Gasteiger partial charge in [0.15, 0.2) is 8.32 Å². The molecule has 38 heavy (non-hydrogen) atoms. The van der Waals surface area contributed by atoms with Gasteiger partial charge in [0.05, 0.1) is 0 Å². The molecule has 9 nitrogen and oxygen atoms in total. The fourth-order valence-corrected chi connectivity index (χ4v) is 5.68. The number of hydrogen-bond acceptors (Lipinski definition) is 9. The third kappa shape index (κ3) is 6.62. The number of esters is 1. The summed E-state index contributed by atoms with van der Waals surface area (Å²) in [6.07, 6.45) is 1.68. The molecule has 1 aromatic carbocycles. The second-order valence-corrected chi connectivity index (χ2v) is 14.8. The van der Waals surface area contributed by atoms with Crippen LogP contribution in [-0.2, 0) is 48.9 Å². The average Bonchev–Trinajstić information content (AvgIpc) is 3.28. The first-order valence-corrected chi connectivity index (χ1v) is 16.2. The minimum Gasteiger partial charge on any atom is -0.465 e. The lowest BCUT2D eigenvalue weighted by atomic mass is 9.87. The number of allylic oxidation sites excluding steroid dienone is 1. The van der Waals surface area contributed by atoms with Gasteiger partial charge >= 0.3 is 5.97 Å². The lowest BCUT2D eigenvalue weighted by Crippen LogP contribution is -2.56. The molecule has 0 radical (unpaired) electrons. The van der Waals surface area contributed by atoms with Crippen LogP contribution in [-0.4, -0.2) is 77.9 Å². The molecule has 2 aliphatic heterocycles. The van der Waals surface area contributed by atoms with Gasteiger partial charge in [0.1, 0.15) is 43.8 Å². The summed E-state index contributed by atoms with van der Waals surface area (Å²) in [5.74, 6) is -1.06. The van der Waals surface area contributed by atoms with Gasteiger partial charge in [-0.15, -0.1) is 0 Å². The van der Waals surface area contributed by atoms with E-state index in [0.717, 1.165) is 12.0 Å². The molecule has 2 heterocycles. The highest BCUT2D eigenvalue weighted by Gasteiger charge is 2.69. The van der Waals surface area contributed by atoms with E-state index in [1.807, 2.05) is 69.0 Å². The average molecular weight is 549 g/mol. The highest BCUT2D eigenvalue weighted by atomic mass is 28.4. The number of carbonyl (C=O) groups is 2. The van der Waals surface area contributed by atoms with Crippen molar-refractivity contribution in [2.24, 2.45) is 0 Å². The number of carbonyl (C=O) groups excluding carboxylic acids is 2. The van der Waals surface area contributed by atoms with Gasteiger partial charge in [-0.1, -0.05) is 49.4 Å². The summed E-state index contributed by atoms with van der Waals surface area (Å²) in [5.41, 5.74) is -0.752. The van der Waals surface area contributed by atoms with E-state index in [1.165, 1.54) is 14.2 Å². The van der Waals surface area contributed by atoms with Crippen LogP contribution in [0.25, 0.3) is 0 Å². The molecule has 1 fully saturated rings. The number of Topliss-reactive ketones (excluding diaryl/α,β-unsaturated/α-hetero) is 1. The molecule has 0 aliphatic carbocycles. The van der Waals surface area contributed by atoms with Crippen molar-refractivity contribution in [2.45, 2.75) is 76.3 Å². The van der Waals surface area contributed by atoms with E-state index in [2.05, 4.69) is 0 Å². The Kier molecular flexibility index (Phi) is 10.4. The van der Waals surface area contributed by atoms with Crippen LogP contribution in [0.1, 0.15) is 25.8 Å². The number of hydrogen-bond donors (Lipinski definition) is 0. The van der Waals surface area contributed by atoms with Gasteiger partial charge in [-0.2, -0.15) is 0 Å². The summed E-state index contributed by atoms with van der Waals surface area (Å²) in [4.78, 5) is 27.5. The van der Waals surface area contributed by atoms with E-state index in [0.29, 0.717) is 6.42 Å². The molecule has 5 atom stereocenters. The van der Waals surface area contributed by atoms with Crippen molar-refractivity contribution >= 4 is 20.1 Å². The minimum atomic E-state index is -2.27. The van der Waals surface area contributed by atoms with Crippen LogP contribution in [0.3, 0.4) is 0 Å². The highest BCUT2D eigenvalue weighted by Crippen LogP contribution is 2.45. The molecule has 10 heteroatoms. The SMILES string of the molecule is CC/C=C\[C@H](OCOC)[C@H](OCOC)C1=C(C)C(=O)[C@]2(O1)C(=O)O[C@H](Cc1ccccc1)[C@@H]2O[Si](C)(C)C. The standard InChI is InChI=1S/C28H40O9Si/c1-8-9-15-21(33-17-31-3)24(34-18-32-4)23-19(2)25(29)28(36-23)26(37-38(5,6)7)22(35-27(28)30)16-20-13-11-10-12-14-20/h9-15,21-22,24,26H,8,16-18H2,1-7H3/b15-9-/t21-,22+,24-,26-,28+/m0/s1. The summed E-state index contributed by atoms with van der Waals surface area (Å²) in [6, 6.07) is 9.64. The zero-order chi connectivity index (χ0) is 27.9. The Labute approximate surface area is 226 Å². The maximum absolute atomic E-state index is 14.0. The van der Waals surface area contributed by atoms with Crippen molar-refractivity contribution in [3.8, 4) is 0 Å². The number of cyclic esters (lactones) is 1. The highest BCUT2D eigenvalue weighted by molar-refractivity contribution is 6.69. The van der Waals surface area contributed by atoms with Gasteiger partial charge in [-0.25, -0.2) is 4.79 Å². The molecule has 0 N–H and O–H groups in total. The second-order valence-electron chi connectivity index (χ2n) is 10.3. The Morgan fingerprint density at radius 1 is 1.05 bits per heavy atom. The zero-order valence-electron chi connectivity index (χ0n) is 23.4. The Bertz CT molecular complexity index is 1020. The largest absolute Gasteiger partial charge is 0.465 e. The first kappa shape index (κ1) is 30.2. The van der Waals surface area contributed by atoms with Crippen LogP contribution in [0, 0.1) is 0 Å². The van der Waals surface area contributed by atoms with Crippen molar-refractivity contribution in [2.75, 3.05) is 27.8 Å². The van der Waals surface area contributed by atoms with Crippen LogP contribution in [0.4, 0.5) is 0 Å². The summed E-state index contributed by atoms with van der Waals surface area (Å²) in [7, 11) is 0.738. The van der Waals surface area contributed by atoms with E-state index in [9.17, 15) is 9.59 Å². The fourth-order valence-electron chi connectivity index (χ4n) is 4.60. The summed E-state index contributed by atoms with van der Waals surface area (Å²) < 4.78 is 40.8. The van der Waals surface area contributed by atoms with Crippen molar-refractivity contribution in [1.82, 2.24) is 0 Å². The molecule has 1 saturated heterocycles. The molecule has 0 aromatic heterocycles. The lowest BCUT2D eigenvalue weighted by molar-refractivity contribution is -0.170. The van der Waals surface area contributed by atoms with E-state index < -0.39 is 50.1 Å². The van der Waals surface area contributed by atoms with Crippen molar-refractivity contribution < 1.29 is 42.4 Å². The minimum absolute atomic E-state index is 0.0144. The van der Waals surface area contributed by atoms with Gasteiger partial charge in [-0.05, 0) is 38.5 Å². The maximum atomic E-state index is 14.0. The van der Waals surface area contributed by atoms with Crippen molar-refractivity contribution in [1.29, 1.82) is 0 Å². The van der Waals surface area contributed by atoms with E-state index >= 15 is 0 Å². The Hall–Kier alpha value is -2.34. The summed E-state index contributed by atoms with van der Waals surface area (Å²) in [6.45, 7) is 9.50. The maximum Gasteiger partial charge on any atom is 0.362 e. The third-order valence-corrected chi connectivity index (χ3v) is 7.20. The van der Waals surface area contributed by atoms with Gasteiger partial charge in [0.25, 0.3) is 5.60 Å². The van der Waals surface area contributed by atoms with E-state index in [1.54, 1.807) is 6.92 Å². The number of rotatable bonds is 14. The molecule has 0 saturated carbocycles. The quantitative estimate of drug-likeness (QED) is 0.113. The topological polar surface area (TPSA) is 98.8 Å². The molecular formula is C28H40O9Si. The van der Waals surface area contributed by atoms with Crippen molar-refractivity contribution in [3.05, 3.63) is 59.4 Å². The predicted molar refractivity (Wildman–Crippen MR) is 143 cm³/mol. The third-order valence-electron chi connectivity index (χ3n) is 6.24. The van der Waals surface area contributed by atoms with Crippen LogP contribution >= 0.6 is 0 Å². The fraction of sp³-hybridized carbons (Fsp3) is 0.571. The van der Waals surface area contributed by atoms with Gasteiger partial charge in [0.2, 0.25) is 5.78 Å². The second kappa shape index (κ2) is 13.1. The smallest absolute Gasteiger partial charge is 0.362 e. The van der Waals surface area contributed by atoms with Crippen LogP contribution in [0.2, 0.25) is 19.6 Å². The number of ether oxygens (including phenoxy) is 6. The lowest BCUT2D eigenvalue weighted by Gasteiger charge is -2.34. The molecule has 1 aromatic rings. The molecule has 210 valence electrons. The summed E-state index contributed by atoms with van der Waals surface area (Å²) in [5, 5.41) is 0. The molecule has 0 bridgehead atoms. The number of ketones is 1. The molecule has 3 rings (SSSR count). The van der Waals surface area contributed by atoms with E-state index in [-0.39, 0.29) is 24.9 Å². The Morgan fingerprint density at radius 2 is 1.71 bits per heavy atom. The monoisotopic (exact) mass is 548 g/mol.